The minimum atomic E-state index is -0.450. The van der Waals surface area contributed by atoms with Crippen LogP contribution in [0.5, 0.6) is 11.5 Å². The van der Waals surface area contributed by atoms with E-state index in [1.807, 2.05) is 6.92 Å². The zero-order valence-corrected chi connectivity index (χ0v) is 11.7. The Morgan fingerprint density at radius 2 is 1.95 bits per heavy atom. The SMILES string of the molecule is CCNCc1c(F)cccc1Oc1ccc(F)cc1Cl. The first kappa shape index (κ1) is 14.8. The van der Waals surface area contributed by atoms with E-state index in [9.17, 15) is 8.78 Å². The molecular weight excluding hydrogens is 284 g/mol. The highest BCUT2D eigenvalue weighted by atomic mass is 35.5. The van der Waals surface area contributed by atoms with Crippen molar-refractivity contribution in [3.05, 3.63) is 58.6 Å². The van der Waals surface area contributed by atoms with Crippen LogP contribution in [0.15, 0.2) is 36.4 Å². The van der Waals surface area contributed by atoms with Crippen molar-refractivity contribution < 1.29 is 13.5 Å². The van der Waals surface area contributed by atoms with Crippen molar-refractivity contribution in [1.29, 1.82) is 0 Å². The van der Waals surface area contributed by atoms with Gasteiger partial charge in [-0.2, -0.15) is 0 Å². The lowest BCUT2D eigenvalue weighted by atomic mass is 10.2. The standard InChI is InChI=1S/C15H14ClF2NO/c1-2-19-9-11-13(18)4-3-5-14(11)20-15-7-6-10(17)8-12(15)16/h3-8,19H,2,9H2,1H3. The first-order valence-electron chi connectivity index (χ1n) is 6.23. The first-order chi connectivity index (χ1) is 9.61. The van der Waals surface area contributed by atoms with Gasteiger partial charge in [0.25, 0.3) is 0 Å². The van der Waals surface area contributed by atoms with Gasteiger partial charge in [0.15, 0.2) is 0 Å². The van der Waals surface area contributed by atoms with Gasteiger partial charge in [-0.25, -0.2) is 8.78 Å². The van der Waals surface area contributed by atoms with E-state index in [0.29, 0.717) is 24.4 Å². The highest BCUT2D eigenvalue weighted by Gasteiger charge is 2.12. The second kappa shape index (κ2) is 6.68. The Labute approximate surface area is 121 Å². The Hall–Kier alpha value is -1.65. The van der Waals surface area contributed by atoms with Gasteiger partial charge < -0.3 is 10.1 Å². The van der Waals surface area contributed by atoms with Crippen molar-refractivity contribution in [1.82, 2.24) is 5.32 Å². The predicted octanol–water partition coefficient (Wildman–Crippen LogP) is 4.52. The highest BCUT2D eigenvalue weighted by molar-refractivity contribution is 6.32. The Kier molecular flexibility index (Phi) is 4.93. The maximum absolute atomic E-state index is 13.8. The first-order valence-corrected chi connectivity index (χ1v) is 6.60. The molecule has 0 radical (unpaired) electrons. The van der Waals surface area contributed by atoms with Crippen LogP contribution in [0, 0.1) is 11.6 Å². The summed E-state index contributed by atoms with van der Waals surface area (Å²) in [6.45, 7) is 2.99. The molecule has 2 aromatic carbocycles. The molecule has 0 bridgehead atoms. The average molecular weight is 298 g/mol. The number of rotatable bonds is 5. The summed E-state index contributed by atoms with van der Waals surface area (Å²) in [5.41, 5.74) is 0.412. The molecule has 0 amide bonds. The Bertz CT molecular complexity index is 604. The molecule has 0 aromatic heterocycles. The number of hydrogen-bond donors (Lipinski definition) is 1. The van der Waals surface area contributed by atoms with Crippen LogP contribution in [0.2, 0.25) is 5.02 Å². The van der Waals surface area contributed by atoms with Gasteiger partial charge >= 0.3 is 0 Å². The molecule has 106 valence electrons. The number of benzene rings is 2. The summed E-state index contributed by atoms with van der Waals surface area (Å²) in [4.78, 5) is 0. The van der Waals surface area contributed by atoms with Gasteiger partial charge in [-0.3, -0.25) is 0 Å². The molecule has 0 spiro atoms. The smallest absolute Gasteiger partial charge is 0.146 e. The van der Waals surface area contributed by atoms with E-state index < -0.39 is 5.82 Å². The molecular formula is C15H14ClF2NO. The lowest BCUT2D eigenvalue weighted by molar-refractivity contribution is 0.461. The highest BCUT2D eigenvalue weighted by Crippen LogP contribution is 2.32. The number of nitrogens with one attached hydrogen (secondary N) is 1. The summed E-state index contributed by atoms with van der Waals surface area (Å²) < 4.78 is 32.4. The third-order valence-electron chi connectivity index (χ3n) is 2.74. The second-order valence-electron chi connectivity index (χ2n) is 4.17. The maximum Gasteiger partial charge on any atom is 0.146 e. The summed E-state index contributed by atoms with van der Waals surface area (Å²) in [6, 6.07) is 8.38. The molecule has 0 saturated heterocycles. The Morgan fingerprint density at radius 3 is 2.65 bits per heavy atom. The quantitative estimate of drug-likeness (QED) is 0.876. The van der Waals surface area contributed by atoms with Gasteiger partial charge in [-0.05, 0) is 36.9 Å². The Balaban J connectivity index is 2.30. The van der Waals surface area contributed by atoms with Crippen molar-refractivity contribution in [3.8, 4) is 11.5 Å². The van der Waals surface area contributed by atoms with Gasteiger partial charge in [-0.15, -0.1) is 0 Å². The summed E-state index contributed by atoms with van der Waals surface area (Å²) in [5.74, 6) is -0.160. The molecule has 2 nitrogen and oxygen atoms in total. The minimum absolute atomic E-state index is 0.142. The number of ether oxygens (including phenoxy) is 1. The van der Waals surface area contributed by atoms with E-state index in [-0.39, 0.29) is 16.6 Å². The minimum Gasteiger partial charge on any atom is -0.455 e. The van der Waals surface area contributed by atoms with Crippen LogP contribution >= 0.6 is 11.6 Å². The zero-order valence-electron chi connectivity index (χ0n) is 10.9. The van der Waals surface area contributed by atoms with Crippen LogP contribution in [-0.4, -0.2) is 6.54 Å². The topological polar surface area (TPSA) is 21.3 Å². The fraction of sp³-hybridized carbons (Fsp3) is 0.200. The number of halogens is 3. The summed E-state index contributed by atoms with van der Waals surface area (Å²) >= 11 is 5.90. The van der Waals surface area contributed by atoms with E-state index in [4.69, 9.17) is 16.3 Å². The van der Waals surface area contributed by atoms with Gasteiger partial charge in [-0.1, -0.05) is 24.6 Å². The van der Waals surface area contributed by atoms with E-state index in [2.05, 4.69) is 5.32 Å². The van der Waals surface area contributed by atoms with Crippen molar-refractivity contribution in [2.75, 3.05) is 6.54 Å². The van der Waals surface area contributed by atoms with Crippen LogP contribution in [0.4, 0.5) is 8.78 Å². The molecule has 0 heterocycles. The molecule has 2 rings (SSSR count). The van der Waals surface area contributed by atoms with Crippen molar-refractivity contribution in [2.45, 2.75) is 13.5 Å². The van der Waals surface area contributed by atoms with Crippen molar-refractivity contribution in [3.63, 3.8) is 0 Å². The van der Waals surface area contributed by atoms with E-state index in [0.717, 1.165) is 6.07 Å². The summed E-state index contributed by atoms with van der Waals surface area (Å²) in [5, 5.41) is 3.18. The molecule has 1 N–H and O–H groups in total. The molecule has 0 aliphatic carbocycles. The van der Waals surface area contributed by atoms with Gasteiger partial charge in [0.1, 0.15) is 23.1 Å². The monoisotopic (exact) mass is 297 g/mol. The van der Waals surface area contributed by atoms with Crippen molar-refractivity contribution in [2.24, 2.45) is 0 Å². The molecule has 20 heavy (non-hydrogen) atoms. The van der Waals surface area contributed by atoms with E-state index in [1.54, 1.807) is 12.1 Å². The molecule has 2 aromatic rings. The Morgan fingerprint density at radius 1 is 1.15 bits per heavy atom. The molecule has 5 heteroatoms. The predicted molar refractivity (Wildman–Crippen MR) is 75.3 cm³/mol. The lowest BCUT2D eigenvalue weighted by Crippen LogP contribution is -2.13. The van der Waals surface area contributed by atoms with Crippen LogP contribution < -0.4 is 10.1 Å². The van der Waals surface area contributed by atoms with Crippen LogP contribution in [-0.2, 0) is 6.54 Å². The third-order valence-corrected chi connectivity index (χ3v) is 3.04. The molecule has 0 aliphatic heterocycles. The second-order valence-corrected chi connectivity index (χ2v) is 4.58. The van der Waals surface area contributed by atoms with Crippen LogP contribution in [0.3, 0.4) is 0 Å². The van der Waals surface area contributed by atoms with Crippen LogP contribution in [0.1, 0.15) is 12.5 Å². The summed E-state index contributed by atoms with van der Waals surface area (Å²) in [6.07, 6.45) is 0. The normalized spacial score (nSPS) is 10.6. The van der Waals surface area contributed by atoms with E-state index in [1.165, 1.54) is 18.2 Å². The molecule has 0 atom stereocenters. The van der Waals surface area contributed by atoms with Crippen molar-refractivity contribution >= 4 is 11.6 Å². The van der Waals surface area contributed by atoms with E-state index >= 15 is 0 Å². The molecule has 0 fully saturated rings. The lowest BCUT2D eigenvalue weighted by Gasteiger charge is -2.13. The average Bonchev–Trinajstić information content (AvgIpc) is 2.41. The zero-order chi connectivity index (χ0) is 14.5. The molecule has 0 aliphatic rings. The van der Waals surface area contributed by atoms with Gasteiger partial charge in [0, 0.05) is 12.1 Å². The fourth-order valence-electron chi connectivity index (χ4n) is 1.73. The molecule has 0 unspecified atom stereocenters. The van der Waals surface area contributed by atoms with Gasteiger partial charge in [0.2, 0.25) is 0 Å². The third kappa shape index (κ3) is 3.46. The summed E-state index contributed by atoms with van der Waals surface area (Å²) in [7, 11) is 0. The number of hydrogen-bond acceptors (Lipinski definition) is 2. The largest absolute Gasteiger partial charge is 0.455 e. The maximum atomic E-state index is 13.8. The van der Waals surface area contributed by atoms with Crippen LogP contribution in [0.25, 0.3) is 0 Å². The van der Waals surface area contributed by atoms with Gasteiger partial charge in [0.05, 0.1) is 5.02 Å². The molecule has 0 saturated carbocycles. The fourth-order valence-corrected chi connectivity index (χ4v) is 1.94.